The van der Waals surface area contributed by atoms with Crippen LogP contribution in [-0.2, 0) is 11.3 Å². The van der Waals surface area contributed by atoms with Crippen LogP contribution in [0.25, 0.3) is 0 Å². The number of nitrogens with zero attached hydrogens (tertiary/aromatic N) is 2. The molecule has 1 fully saturated rings. The van der Waals surface area contributed by atoms with Crippen molar-refractivity contribution in [3.8, 4) is 0 Å². The maximum absolute atomic E-state index is 10.9. The molecule has 19 heavy (non-hydrogen) atoms. The van der Waals surface area contributed by atoms with E-state index in [9.17, 15) is 14.9 Å². The number of likely N-dealkylation sites (tertiary alicyclic amines) is 1. The first-order chi connectivity index (χ1) is 8.97. The van der Waals surface area contributed by atoms with Gasteiger partial charge in [-0.2, -0.15) is 0 Å². The topological polar surface area (TPSA) is 83.7 Å². The summed E-state index contributed by atoms with van der Waals surface area (Å²) >= 11 is 6.01. The van der Waals surface area contributed by atoms with Crippen molar-refractivity contribution in [1.82, 2.24) is 4.90 Å². The lowest BCUT2D eigenvalue weighted by molar-refractivity contribution is -0.384. The first-order valence-corrected chi connectivity index (χ1v) is 6.23. The van der Waals surface area contributed by atoms with E-state index in [1.807, 2.05) is 4.90 Å². The highest BCUT2D eigenvalue weighted by Crippen LogP contribution is 2.26. The molecular weight excluding hydrogens is 272 g/mol. The Morgan fingerprint density at radius 1 is 1.58 bits per heavy atom. The Morgan fingerprint density at radius 3 is 2.89 bits per heavy atom. The maximum atomic E-state index is 10.9. The van der Waals surface area contributed by atoms with Gasteiger partial charge in [-0.25, -0.2) is 0 Å². The van der Waals surface area contributed by atoms with Crippen LogP contribution in [0.15, 0.2) is 18.2 Å². The summed E-state index contributed by atoms with van der Waals surface area (Å²) in [6, 6.07) is 4.30. The first kappa shape index (κ1) is 13.8. The SMILES string of the molecule is O=C(O)C1CCN(Cc2cc([N+](=O)[O-])ccc2Cl)C1. The molecule has 6 nitrogen and oxygen atoms in total. The second-order valence-corrected chi connectivity index (χ2v) is 5.00. The third kappa shape index (κ3) is 3.21. The number of carboxylic acids is 1. The lowest BCUT2D eigenvalue weighted by Gasteiger charge is -2.15. The van der Waals surface area contributed by atoms with Crippen molar-refractivity contribution in [2.24, 2.45) is 5.92 Å². The van der Waals surface area contributed by atoms with Crippen LogP contribution in [0.3, 0.4) is 0 Å². The molecule has 7 heteroatoms. The lowest BCUT2D eigenvalue weighted by Crippen LogP contribution is -2.23. The van der Waals surface area contributed by atoms with E-state index in [4.69, 9.17) is 16.7 Å². The van der Waals surface area contributed by atoms with Crippen LogP contribution in [0, 0.1) is 16.0 Å². The lowest BCUT2D eigenvalue weighted by atomic mass is 10.1. The number of rotatable bonds is 4. The van der Waals surface area contributed by atoms with Crippen LogP contribution in [0.4, 0.5) is 5.69 Å². The fourth-order valence-corrected chi connectivity index (χ4v) is 2.39. The molecule has 1 unspecified atom stereocenters. The number of hydrogen-bond acceptors (Lipinski definition) is 4. The highest BCUT2D eigenvalue weighted by molar-refractivity contribution is 6.31. The van der Waals surface area contributed by atoms with Crippen molar-refractivity contribution >= 4 is 23.3 Å². The molecule has 1 atom stereocenters. The number of nitro groups is 1. The molecule has 0 spiro atoms. The van der Waals surface area contributed by atoms with Crippen LogP contribution in [-0.4, -0.2) is 34.0 Å². The zero-order valence-corrected chi connectivity index (χ0v) is 10.8. The Labute approximate surface area is 114 Å². The minimum absolute atomic E-state index is 0.00613. The smallest absolute Gasteiger partial charge is 0.307 e. The summed E-state index contributed by atoms with van der Waals surface area (Å²) in [5, 5.41) is 20.1. The average molecular weight is 285 g/mol. The third-order valence-corrected chi connectivity index (χ3v) is 3.62. The fraction of sp³-hybridized carbons (Fsp3) is 0.417. The molecule has 0 amide bonds. The minimum Gasteiger partial charge on any atom is -0.481 e. The van der Waals surface area contributed by atoms with Crippen LogP contribution in [0.5, 0.6) is 0 Å². The first-order valence-electron chi connectivity index (χ1n) is 5.85. The summed E-state index contributed by atoms with van der Waals surface area (Å²) in [7, 11) is 0. The van der Waals surface area contributed by atoms with Gasteiger partial charge in [-0.15, -0.1) is 0 Å². The van der Waals surface area contributed by atoms with Crippen molar-refractivity contribution in [3.05, 3.63) is 38.9 Å². The Bertz CT molecular complexity index is 520. The molecule has 0 bridgehead atoms. The minimum atomic E-state index is -0.798. The van der Waals surface area contributed by atoms with Gasteiger partial charge in [-0.1, -0.05) is 11.6 Å². The molecule has 1 aliphatic rings. The van der Waals surface area contributed by atoms with E-state index in [-0.39, 0.29) is 11.6 Å². The van der Waals surface area contributed by atoms with Crippen LogP contribution in [0.1, 0.15) is 12.0 Å². The standard InChI is InChI=1S/C12H13ClN2O4/c13-11-2-1-10(15(18)19)5-9(11)7-14-4-3-8(6-14)12(16)17/h1-2,5,8H,3-4,6-7H2,(H,16,17). The van der Waals surface area contributed by atoms with Gasteiger partial charge in [-0.05, 0) is 24.6 Å². The molecule has 1 N–H and O–H groups in total. The molecule has 0 saturated carbocycles. The summed E-state index contributed by atoms with van der Waals surface area (Å²) < 4.78 is 0. The van der Waals surface area contributed by atoms with Crippen molar-refractivity contribution in [1.29, 1.82) is 0 Å². The number of benzene rings is 1. The quantitative estimate of drug-likeness (QED) is 0.676. The highest BCUT2D eigenvalue weighted by atomic mass is 35.5. The highest BCUT2D eigenvalue weighted by Gasteiger charge is 2.28. The number of hydrogen-bond donors (Lipinski definition) is 1. The zero-order chi connectivity index (χ0) is 14.0. The summed E-state index contributed by atoms with van der Waals surface area (Å²) in [5.74, 6) is -1.16. The molecule has 1 heterocycles. The van der Waals surface area contributed by atoms with E-state index in [1.165, 1.54) is 18.2 Å². The molecule has 1 aliphatic heterocycles. The van der Waals surface area contributed by atoms with Gasteiger partial charge in [0.05, 0.1) is 10.8 Å². The van der Waals surface area contributed by atoms with Crippen molar-refractivity contribution in [2.45, 2.75) is 13.0 Å². The van der Waals surface area contributed by atoms with E-state index in [1.54, 1.807) is 0 Å². The van der Waals surface area contributed by atoms with Gasteiger partial charge < -0.3 is 5.11 Å². The molecule has 102 valence electrons. The molecule has 0 aliphatic carbocycles. The van der Waals surface area contributed by atoms with E-state index in [0.29, 0.717) is 36.6 Å². The molecular formula is C12H13ClN2O4. The van der Waals surface area contributed by atoms with Crippen LogP contribution >= 0.6 is 11.6 Å². The van der Waals surface area contributed by atoms with Crippen LogP contribution in [0.2, 0.25) is 5.02 Å². The van der Waals surface area contributed by atoms with Gasteiger partial charge in [0.15, 0.2) is 0 Å². The monoisotopic (exact) mass is 284 g/mol. The average Bonchev–Trinajstić information content (AvgIpc) is 2.80. The van der Waals surface area contributed by atoms with Crippen molar-refractivity contribution in [3.63, 3.8) is 0 Å². The summed E-state index contributed by atoms with van der Waals surface area (Å²) in [5.41, 5.74) is 0.648. The molecule has 0 aromatic heterocycles. The van der Waals surface area contributed by atoms with Crippen molar-refractivity contribution in [2.75, 3.05) is 13.1 Å². The van der Waals surface area contributed by atoms with Crippen LogP contribution < -0.4 is 0 Å². The summed E-state index contributed by atoms with van der Waals surface area (Å²) in [6.07, 6.45) is 0.599. The number of carbonyl (C=O) groups is 1. The van der Waals surface area contributed by atoms with Gasteiger partial charge in [-0.3, -0.25) is 19.8 Å². The number of aliphatic carboxylic acids is 1. The van der Waals surface area contributed by atoms with Crippen molar-refractivity contribution < 1.29 is 14.8 Å². The van der Waals surface area contributed by atoms with Gasteiger partial charge >= 0.3 is 5.97 Å². The third-order valence-electron chi connectivity index (χ3n) is 3.26. The van der Waals surface area contributed by atoms with E-state index < -0.39 is 10.9 Å². The second kappa shape index (κ2) is 5.54. The summed E-state index contributed by atoms with van der Waals surface area (Å²) in [6.45, 7) is 1.55. The maximum Gasteiger partial charge on any atom is 0.307 e. The zero-order valence-electron chi connectivity index (χ0n) is 10.1. The van der Waals surface area contributed by atoms with E-state index in [2.05, 4.69) is 0 Å². The van der Waals surface area contributed by atoms with E-state index >= 15 is 0 Å². The number of carboxylic acid groups (broad SMARTS) is 1. The van der Waals surface area contributed by atoms with Gasteiger partial charge in [0.1, 0.15) is 0 Å². The Balaban J connectivity index is 2.09. The van der Waals surface area contributed by atoms with E-state index in [0.717, 1.165) is 0 Å². The Hall–Kier alpha value is -1.66. The predicted octanol–water partition coefficient (Wildman–Crippen LogP) is 2.15. The second-order valence-electron chi connectivity index (χ2n) is 4.59. The Morgan fingerprint density at radius 2 is 2.32 bits per heavy atom. The normalized spacial score (nSPS) is 19.5. The number of halogens is 1. The van der Waals surface area contributed by atoms with Gasteiger partial charge in [0.25, 0.3) is 5.69 Å². The van der Waals surface area contributed by atoms with Gasteiger partial charge in [0, 0.05) is 30.2 Å². The number of non-ortho nitro benzene ring substituents is 1. The Kier molecular flexibility index (Phi) is 4.01. The number of nitro benzene ring substituents is 1. The fourth-order valence-electron chi connectivity index (χ4n) is 2.21. The molecule has 0 radical (unpaired) electrons. The molecule has 1 aromatic rings. The molecule has 2 rings (SSSR count). The molecule has 1 aromatic carbocycles. The summed E-state index contributed by atoms with van der Waals surface area (Å²) in [4.78, 5) is 23.1. The predicted molar refractivity (Wildman–Crippen MR) is 69.1 cm³/mol. The largest absolute Gasteiger partial charge is 0.481 e. The van der Waals surface area contributed by atoms with Gasteiger partial charge in [0.2, 0.25) is 0 Å². The molecule has 1 saturated heterocycles.